The molecule has 0 unspecified atom stereocenters. The molecule has 1 aliphatic heterocycles. The number of amides is 3. The lowest BCUT2D eigenvalue weighted by Crippen LogP contribution is -2.49. The molecule has 36 heavy (non-hydrogen) atoms. The lowest BCUT2D eigenvalue weighted by molar-refractivity contribution is -0.163. The highest BCUT2D eigenvalue weighted by atomic mass is 32.2. The molecule has 3 rings (SSSR count). The van der Waals surface area contributed by atoms with E-state index in [-0.39, 0.29) is 18.3 Å². The third-order valence-corrected chi connectivity index (χ3v) is 6.59. The number of aryl methyl sites for hydroxylation is 1. The maximum absolute atomic E-state index is 13.3. The maximum atomic E-state index is 13.3. The predicted molar refractivity (Wildman–Crippen MR) is 138 cm³/mol. The fraction of sp³-hybridized carbons (Fsp3) is 0.385. The quantitative estimate of drug-likeness (QED) is 0.459. The maximum Gasteiger partial charge on any atom is 0.330 e. The van der Waals surface area contributed by atoms with Gasteiger partial charge in [0.2, 0.25) is 5.91 Å². The van der Waals surface area contributed by atoms with Gasteiger partial charge in [0, 0.05) is 17.9 Å². The zero-order valence-electron chi connectivity index (χ0n) is 20.5. The first-order chi connectivity index (χ1) is 17.0. The third-order valence-electron chi connectivity index (χ3n) is 5.26. The molecule has 192 valence electrons. The minimum absolute atomic E-state index is 0.0145. The molecule has 0 saturated carbocycles. The van der Waals surface area contributed by atoms with E-state index in [0.717, 1.165) is 11.1 Å². The Morgan fingerprint density at radius 2 is 1.81 bits per heavy atom. The molecule has 2 aromatic rings. The van der Waals surface area contributed by atoms with Gasteiger partial charge in [-0.25, -0.2) is 9.59 Å². The van der Waals surface area contributed by atoms with E-state index in [4.69, 9.17) is 9.84 Å². The number of ether oxygens (including phenoxy) is 1. The molecular weight excluding hydrogens is 482 g/mol. The van der Waals surface area contributed by atoms with Crippen LogP contribution in [0.1, 0.15) is 43.7 Å². The van der Waals surface area contributed by atoms with Gasteiger partial charge in [0.05, 0.1) is 6.54 Å². The average Bonchev–Trinajstić information content (AvgIpc) is 3.27. The van der Waals surface area contributed by atoms with Crippen LogP contribution in [0.5, 0.6) is 0 Å². The number of benzene rings is 2. The summed E-state index contributed by atoms with van der Waals surface area (Å²) in [5.41, 5.74) is 1.43. The predicted octanol–water partition coefficient (Wildman–Crippen LogP) is 3.81. The van der Waals surface area contributed by atoms with Crippen molar-refractivity contribution in [1.29, 1.82) is 0 Å². The smallest absolute Gasteiger partial charge is 0.330 e. The van der Waals surface area contributed by atoms with E-state index in [1.165, 1.54) is 16.7 Å². The monoisotopic (exact) mass is 513 g/mol. The van der Waals surface area contributed by atoms with Gasteiger partial charge in [0.1, 0.15) is 17.0 Å². The van der Waals surface area contributed by atoms with E-state index in [1.54, 1.807) is 45.0 Å². The average molecular weight is 514 g/mol. The number of nitrogens with zero attached hydrogens (tertiary/aromatic N) is 1. The Balaban J connectivity index is 1.67. The standard InChI is InChI=1S/C26H31N3O6S/c1-26(2,3)35-24(33)20-16-36-23(18-9-5-4-6-10-18)29(20)21(30)15-27-25(34)28-19-11-7-8-17(14-19)12-13-22(31)32/h4-11,14,20,23H,12-13,15-16H2,1-3H3,(H,31,32)(H2,27,28,34)/t20-,23+/m0/s1. The first-order valence-electron chi connectivity index (χ1n) is 11.6. The van der Waals surface area contributed by atoms with Crippen molar-refractivity contribution in [3.05, 3.63) is 65.7 Å². The number of aliphatic carboxylic acids is 1. The highest BCUT2D eigenvalue weighted by Crippen LogP contribution is 2.41. The summed E-state index contributed by atoms with van der Waals surface area (Å²) in [4.78, 5) is 50.9. The molecule has 0 spiro atoms. The van der Waals surface area contributed by atoms with Crippen LogP contribution in [0.25, 0.3) is 0 Å². The molecule has 1 fully saturated rings. The minimum atomic E-state index is -0.900. The van der Waals surface area contributed by atoms with Gasteiger partial charge in [-0.15, -0.1) is 11.8 Å². The van der Waals surface area contributed by atoms with Crippen LogP contribution < -0.4 is 10.6 Å². The van der Waals surface area contributed by atoms with Crippen LogP contribution in [0.15, 0.2) is 54.6 Å². The summed E-state index contributed by atoms with van der Waals surface area (Å²) in [5, 5.41) is 13.7. The second kappa shape index (κ2) is 11.9. The van der Waals surface area contributed by atoms with E-state index in [2.05, 4.69) is 10.6 Å². The van der Waals surface area contributed by atoms with E-state index in [9.17, 15) is 19.2 Å². The van der Waals surface area contributed by atoms with Gasteiger partial charge in [0.15, 0.2) is 0 Å². The van der Waals surface area contributed by atoms with Crippen LogP contribution >= 0.6 is 11.8 Å². The minimum Gasteiger partial charge on any atom is -0.481 e. The molecule has 0 aromatic heterocycles. The van der Waals surface area contributed by atoms with Gasteiger partial charge in [-0.2, -0.15) is 0 Å². The third kappa shape index (κ3) is 7.74. The first-order valence-corrected chi connectivity index (χ1v) is 12.6. The number of esters is 1. The number of hydrogen-bond acceptors (Lipinski definition) is 6. The molecule has 9 nitrogen and oxygen atoms in total. The van der Waals surface area contributed by atoms with Crippen LogP contribution in [0.2, 0.25) is 0 Å². The highest BCUT2D eigenvalue weighted by Gasteiger charge is 2.43. The van der Waals surface area contributed by atoms with Crippen LogP contribution in [0.4, 0.5) is 10.5 Å². The number of carboxylic acids is 1. The number of carboxylic acid groups (broad SMARTS) is 1. The SMILES string of the molecule is CC(C)(C)OC(=O)[C@@H]1CS[C@H](c2ccccc2)N1C(=O)CNC(=O)Nc1cccc(CCC(=O)O)c1. The van der Waals surface area contributed by atoms with E-state index >= 15 is 0 Å². The van der Waals surface area contributed by atoms with Crippen molar-refractivity contribution >= 4 is 41.3 Å². The molecule has 0 aliphatic carbocycles. The van der Waals surface area contributed by atoms with Crippen LogP contribution in [-0.4, -0.2) is 57.8 Å². The van der Waals surface area contributed by atoms with Crippen molar-refractivity contribution in [2.75, 3.05) is 17.6 Å². The molecule has 0 bridgehead atoms. The largest absolute Gasteiger partial charge is 0.481 e. The zero-order valence-corrected chi connectivity index (χ0v) is 21.3. The number of thioether (sulfide) groups is 1. The molecular formula is C26H31N3O6S. The van der Waals surface area contributed by atoms with Crippen molar-refractivity contribution in [1.82, 2.24) is 10.2 Å². The number of rotatable bonds is 8. The van der Waals surface area contributed by atoms with E-state index < -0.39 is 35.5 Å². The van der Waals surface area contributed by atoms with Gasteiger partial charge in [-0.1, -0.05) is 42.5 Å². The van der Waals surface area contributed by atoms with Gasteiger partial charge >= 0.3 is 18.0 Å². The van der Waals surface area contributed by atoms with Gasteiger partial charge in [0.25, 0.3) is 0 Å². The van der Waals surface area contributed by atoms with Crippen molar-refractivity contribution in [2.24, 2.45) is 0 Å². The van der Waals surface area contributed by atoms with E-state index in [0.29, 0.717) is 17.9 Å². The number of carbonyl (C=O) groups excluding carboxylic acids is 3. The molecule has 2 aromatic carbocycles. The summed E-state index contributed by atoms with van der Waals surface area (Å²) in [6.45, 7) is 5.01. The van der Waals surface area contributed by atoms with Crippen molar-refractivity contribution in [3.8, 4) is 0 Å². The first kappa shape index (κ1) is 27.1. The lowest BCUT2D eigenvalue weighted by atomic mass is 10.1. The fourth-order valence-corrected chi connectivity index (χ4v) is 5.15. The Kier molecular flexibility index (Phi) is 8.98. The second-order valence-corrected chi connectivity index (χ2v) is 10.5. The Morgan fingerprint density at radius 3 is 2.47 bits per heavy atom. The molecule has 3 N–H and O–H groups in total. The number of hydrogen-bond donors (Lipinski definition) is 3. The van der Waals surface area contributed by atoms with Crippen molar-refractivity contribution in [2.45, 2.75) is 50.6 Å². The highest BCUT2D eigenvalue weighted by molar-refractivity contribution is 7.99. The molecule has 1 aliphatic rings. The summed E-state index contributed by atoms with van der Waals surface area (Å²) >= 11 is 1.47. The van der Waals surface area contributed by atoms with Gasteiger partial charge < -0.3 is 25.4 Å². The summed E-state index contributed by atoms with van der Waals surface area (Å²) in [6, 6.07) is 14.9. The van der Waals surface area contributed by atoms with Crippen molar-refractivity contribution < 1.29 is 29.0 Å². The number of carbonyl (C=O) groups is 4. The molecule has 1 saturated heterocycles. The second-order valence-electron chi connectivity index (χ2n) is 9.35. The van der Waals surface area contributed by atoms with Crippen LogP contribution in [0, 0.1) is 0 Å². The molecule has 2 atom stereocenters. The summed E-state index contributed by atoms with van der Waals surface area (Å²) in [6.07, 6.45) is 0.323. The van der Waals surface area contributed by atoms with E-state index in [1.807, 2.05) is 30.3 Å². The Hall–Kier alpha value is -3.53. The topological polar surface area (TPSA) is 125 Å². The zero-order chi connectivity index (χ0) is 26.3. The summed E-state index contributed by atoms with van der Waals surface area (Å²) in [7, 11) is 0. The molecule has 0 radical (unpaired) electrons. The molecule has 1 heterocycles. The number of urea groups is 1. The van der Waals surface area contributed by atoms with Gasteiger partial charge in [-0.3, -0.25) is 9.59 Å². The summed E-state index contributed by atoms with van der Waals surface area (Å²) in [5.74, 6) is -1.40. The Labute approximate surface area is 214 Å². The van der Waals surface area contributed by atoms with Gasteiger partial charge in [-0.05, 0) is 50.5 Å². The lowest BCUT2D eigenvalue weighted by Gasteiger charge is -2.30. The normalized spacial score (nSPS) is 17.4. The molecule has 3 amide bonds. The molecule has 10 heteroatoms. The van der Waals surface area contributed by atoms with Crippen LogP contribution in [0.3, 0.4) is 0 Å². The van der Waals surface area contributed by atoms with Crippen molar-refractivity contribution in [3.63, 3.8) is 0 Å². The summed E-state index contributed by atoms with van der Waals surface area (Å²) < 4.78 is 5.55. The Bertz CT molecular complexity index is 1100. The Morgan fingerprint density at radius 1 is 1.08 bits per heavy atom. The van der Waals surface area contributed by atoms with Crippen LogP contribution in [-0.2, 0) is 25.5 Å². The fourth-order valence-electron chi connectivity index (χ4n) is 3.72. The number of nitrogens with one attached hydrogen (secondary N) is 2. The number of anilines is 1.